The lowest BCUT2D eigenvalue weighted by Crippen LogP contribution is -2.32. The van der Waals surface area contributed by atoms with Crippen molar-refractivity contribution in [2.45, 2.75) is 36.0 Å². The van der Waals surface area contributed by atoms with Crippen LogP contribution in [0.4, 0.5) is 0 Å². The molecule has 18 heavy (non-hydrogen) atoms. The van der Waals surface area contributed by atoms with Gasteiger partial charge in [0.2, 0.25) is 0 Å². The van der Waals surface area contributed by atoms with Gasteiger partial charge in [0.05, 0.1) is 4.90 Å². The second-order valence-corrected chi connectivity index (χ2v) is 7.16. The zero-order valence-corrected chi connectivity index (χ0v) is 11.3. The number of nitrogens with two attached hydrogens (primary N) is 1. The molecule has 0 aromatic heterocycles. The van der Waals surface area contributed by atoms with Gasteiger partial charge in [-0.3, -0.25) is 0 Å². The van der Waals surface area contributed by atoms with Gasteiger partial charge in [-0.05, 0) is 31.0 Å². The van der Waals surface area contributed by atoms with Gasteiger partial charge in [0, 0.05) is 23.8 Å². The second-order valence-electron chi connectivity index (χ2n) is 5.14. The van der Waals surface area contributed by atoms with Crippen molar-refractivity contribution in [3.8, 4) is 5.75 Å². The molecule has 4 nitrogen and oxygen atoms in total. The summed E-state index contributed by atoms with van der Waals surface area (Å²) in [5.74, 6) is 0.148. The van der Waals surface area contributed by atoms with Crippen molar-refractivity contribution >= 4 is 9.84 Å². The molecule has 1 aromatic rings. The zero-order valence-electron chi connectivity index (χ0n) is 10.5. The van der Waals surface area contributed by atoms with Crippen molar-refractivity contribution in [3.63, 3.8) is 0 Å². The molecular formula is C13H19NO3S. The van der Waals surface area contributed by atoms with Crippen molar-refractivity contribution in [2.24, 2.45) is 5.73 Å². The Morgan fingerprint density at radius 2 is 1.94 bits per heavy atom. The number of phenolic OH excluding ortho intramolecular Hbond substituents is 1. The Bertz CT molecular complexity index is 545. The van der Waals surface area contributed by atoms with Gasteiger partial charge in [-0.25, -0.2) is 8.42 Å². The minimum Gasteiger partial charge on any atom is -0.508 e. The van der Waals surface area contributed by atoms with Gasteiger partial charge in [0.25, 0.3) is 0 Å². The molecule has 0 atom stereocenters. The summed E-state index contributed by atoms with van der Waals surface area (Å²) in [6, 6.07) is 4.48. The van der Waals surface area contributed by atoms with Crippen LogP contribution in [0.1, 0.15) is 31.2 Å². The molecule has 1 aromatic carbocycles. The van der Waals surface area contributed by atoms with E-state index in [0.717, 1.165) is 25.7 Å². The first-order valence-electron chi connectivity index (χ1n) is 6.13. The molecule has 0 bridgehead atoms. The van der Waals surface area contributed by atoms with Crippen LogP contribution in [0.25, 0.3) is 0 Å². The highest BCUT2D eigenvalue weighted by Crippen LogP contribution is 2.44. The van der Waals surface area contributed by atoms with Crippen molar-refractivity contribution in [3.05, 3.63) is 23.8 Å². The highest BCUT2D eigenvalue weighted by Gasteiger charge is 2.36. The molecular weight excluding hydrogens is 250 g/mol. The molecule has 0 amide bonds. The van der Waals surface area contributed by atoms with Gasteiger partial charge in [-0.2, -0.15) is 0 Å². The lowest BCUT2D eigenvalue weighted by Gasteiger charge is -2.28. The smallest absolute Gasteiger partial charge is 0.175 e. The van der Waals surface area contributed by atoms with E-state index in [1.165, 1.54) is 18.4 Å². The van der Waals surface area contributed by atoms with Crippen LogP contribution in [0.5, 0.6) is 5.75 Å². The molecule has 1 aliphatic rings. The molecule has 0 spiro atoms. The van der Waals surface area contributed by atoms with E-state index in [-0.39, 0.29) is 16.1 Å². The Morgan fingerprint density at radius 3 is 2.44 bits per heavy atom. The minimum absolute atomic E-state index is 0.148. The van der Waals surface area contributed by atoms with Crippen LogP contribution >= 0.6 is 0 Å². The average molecular weight is 269 g/mol. The predicted molar refractivity (Wildman–Crippen MR) is 70.4 cm³/mol. The van der Waals surface area contributed by atoms with Gasteiger partial charge < -0.3 is 10.8 Å². The Morgan fingerprint density at radius 1 is 1.33 bits per heavy atom. The largest absolute Gasteiger partial charge is 0.508 e. The van der Waals surface area contributed by atoms with Gasteiger partial charge >= 0.3 is 0 Å². The van der Waals surface area contributed by atoms with Crippen molar-refractivity contribution < 1.29 is 13.5 Å². The summed E-state index contributed by atoms with van der Waals surface area (Å²) in [4.78, 5) is 0.245. The summed E-state index contributed by atoms with van der Waals surface area (Å²) in [6.07, 6.45) is 5.13. The standard InChI is InChI=1S/C13H19NO3S/c1-18(16,17)10-4-5-12(15)11(8-10)13(9-14)6-2-3-7-13/h4-5,8,15H,2-3,6-7,9,14H2,1H3. The first-order chi connectivity index (χ1) is 8.39. The summed E-state index contributed by atoms with van der Waals surface area (Å²) >= 11 is 0. The van der Waals surface area contributed by atoms with E-state index in [0.29, 0.717) is 12.1 Å². The molecule has 2 rings (SSSR count). The topological polar surface area (TPSA) is 80.4 Å². The average Bonchev–Trinajstić information content (AvgIpc) is 2.77. The van der Waals surface area contributed by atoms with Crippen LogP contribution in [0.2, 0.25) is 0 Å². The predicted octanol–water partition coefficient (Wildman–Crippen LogP) is 1.57. The van der Waals surface area contributed by atoms with Crippen LogP contribution < -0.4 is 5.73 Å². The summed E-state index contributed by atoms with van der Waals surface area (Å²) in [7, 11) is -3.26. The molecule has 1 fully saturated rings. The number of hydrogen-bond donors (Lipinski definition) is 2. The fourth-order valence-corrected chi connectivity index (χ4v) is 3.45. The molecule has 0 heterocycles. The van der Waals surface area contributed by atoms with Crippen LogP contribution in [-0.2, 0) is 15.3 Å². The minimum atomic E-state index is -3.26. The molecule has 0 unspecified atom stereocenters. The second kappa shape index (κ2) is 4.55. The monoisotopic (exact) mass is 269 g/mol. The fraction of sp³-hybridized carbons (Fsp3) is 0.538. The third-order valence-corrected chi connectivity index (χ3v) is 5.03. The number of aromatic hydroxyl groups is 1. The van der Waals surface area contributed by atoms with Crippen molar-refractivity contribution in [2.75, 3.05) is 12.8 Å². The maximum atomic E-state index is 11.6. The molecule has 0 saturated heterocycles. The first kappa shape index (κ1) is 13.4. The third kappa shape index (κ3) is 2.24. The van der Waals surface area contributed by atoms with E-state index in [2.05, 4.69) is 0 Å². The van der Waals surface area contributed by atoms with E-state index in [9.17, 15) is 13.5 Å². The third-order valence-electron chi connectivity index (χ3n) is 3.92. The van der Waals surface area contributed by atoms with Crippen molar-refractivity contribution in [1.29, 1.82) is 0 Å². The Labute approximate surface area is 108 Å². The van der Waals surface area contributed by atoms with E-state index >= 15 is 0 Å². The zero-order chi connectivity index (χ0) is 13.4. The van der Waals surface area contributed by atoms with Crippen LogP contribution in [0, 0.1) is 0 Å². The fourth-order valence-electron chi connectivity index (χ4n) is 2.81. The molecule has 0 radical (unpaired) electrons. The molecule has 3 N–H and O–H groups in total. The van der Waals surface area contributed by atoms with Gasteiger partial charge in [-0.15, -0.1) is 0 Å². The van der Waals surface area contributed by atoms with Gasteiger partial charge in [0.15, 0.2) is 9.84 Å². The maximum absolute atomic E-state index is 11.6. The highest BCUT2D eigenvalue weighted by atomic mass is 32.2. The Hall–Kier alpha value is -1.07. The van der Waals surface area contributed by atoms with E-state index < -0.39 is 9.84 Å². The number of benzene rings is 1. The van der Waals surface area contributed by atoms with Crippen LogP contribution in [-0.4, -0.2) is 26.3 Å². The normalized spacial score (nSPS) is 19.0. The molecule has 5 heteroatoms. The lowest BCUT2D eigenvalue weighted by atomic mass is 9.78. The van der Waals surface area contributed by atoms with Crippen LogP contribution in [0.15, 0.2) is 23.1 Å². The van der Waals surface area contributed by atoms with E-state index in [1.807, 2.05) is 0 Å². The number of sulfone groups is 1. The first-order valence-corrected chi connectivity index (χ1v) is 8.02. The molecule has 1 aliphatic carbocycles. The molecule has 0 aliphatic heterocycles. The number of phenols is 1. The van der Waals surface area contributed by atoms with E-state index in [4.69, 9.17) is 5.73 Å². The Balaban J connectivity index is 2.56. The summed E-state index contributed by atoms with van der Waals surface area (Å²) < 4.78 is 23.2. The highest BCUT2D eigenvalue weighted by molar-refractivity contribution is 7.90. The number of rotatable bonds is 3. The molecule has 100 valence electrons. The summed E-state index contributed by atoms with van der Waals surface area (Å²) in [5.41, 5.74) is 6.29. The lowest BCUT2D eigenvalue weighted by molar-refractivity contribution is 0.404. The molecule has 1 saturated carbocycles. The van der Waals surface area contributed by atoms with Gasteiger partial charge in [-0.1, -0.05) is 12.8 Å². The van der Waals surface area contributed by atoms with Gasteiger partial charge in [0.1, 0.15) is 5.75 Å². The van der Waals surface area contributed by atoms with Crippen LogP contribution in [0.3, 0.4) is 0 Å². The quantitative estimate of drug-likeness (QED) is 0.872. The Kier molecular flexibility index (Phi) is 3.38. The SMILES string of the molecule is CS(=O)(=O)c1ccc(O)c(C2(CN)CCCC2)c1. The number of hydrogen-bond acceptors (Lipinski definition) is 4. The summed E-state index contributed by atoms with van der Waals surface area (Å²) in [6.45, 7) is 0.438. The summed E-state index contributed by atoms with van der Waals surface area (Å²) in [5, 5.41) is 10.0. The van der Waals surface area contributed by atoms with E-state index in [1.54, 1.807) is 6.07 Å². The maximum Gasteiger partial charge on any atom is 0.175 e. The van der Waals surface area contributed by atoms with Crippen molar-refractivity contribution in [1.82, 2.24) is 0 Å².